The minimum atomic E-state index is -0.530. The van der Waals surface area contributed by atoms with Crippen LogP contribution in [0.25, 0.3) is 5.53 Å². The summed E-state index contributed by atoms with van der Waals surface area (Å²) >= 11 is 0. The molecule has 0 aliphatic heterocycles. The lowest BCUT2D eigenvalue weighted by Gasteiger charge is -1.98. The van der Waals surface area contributed by atoms with Crippen molar-refractivity contribution < 1.29 is 9.58 Å². The Morgan fingerprint density at radius 3 is 2.64 bits per heavy atom. The number of nitrogens with one attached hydrogen (secondary N) is 1. The lowest BCUT2D eigenvalue weighted by molar-refractivity contribution is -0.113. The van der Waals surface area contributed by atoms with Crippen LogP contribution >= 0.6 is 0 Å². The molecule has 68 valence electrons. The molecule has 0 radical (unpaired) electrons. The van der Waals surface area contributed by atoms with Crippen molar-refractivity contribution in [1.29, 1.82) is 5.26 Å². The highest BCUT2D eigenvalue weighted by molar-refractivity contribution is 6.29. The number of rotatable bonds is 2. The Hall–Kier alpha value is -2.44. The molecule has 5 heteroatoms. The molecule has 0 saturated heterocycles. The lowest BCUT2D eigenvalue weighted by atomic mass is 10.2. The summed E-state index contributed by atoms with van der Waals surface area (Å²) in [6, 6.07) is 8.27. The van der Waals surface area contributed by atoms with Crippen LogP contribution in [-0.2, 0) is 4.79 Å². The molecule has 0 aromatic heterocycles. The van der Waals surface area contributed by atoms with Gasteiger partial charge in [-0.25, -0.2) is 0 Å². The number of carbonyl (C=O) groups excluding carboxylic acids is 1. The van der Waals surface area contributed by atoms with Crippen LogP contribution in [0.5, 0.6) is 0 Å². The Bertz CT molecular complexity index is 423. The van der Waals surface area contributed by atoms with E-state index in [1.54, 1.807) is 24.3 Å². The number of nitriles is 1. The van der Waals surface area contributed by atoms with E-state index in [1.165, 1.54) is 0 Å². The fraction of sp³-hybridized carbons (Fsp3) is 0. The first-order valence-corrected chi connectivity index (χ1v) is 3.75. The van der Waals surface area contributed by atoms with Crippen molar-refractivity contribution in [3.63, 3.8) is 0 Å². The van der Waals surface area contributed by atoms with Crippen LogP contribution in [0.15, 0.2) is 24.3 Å². The zero-order valence-electron chi connectivity index (χ0n) is 7.14. The van der Waals surface area contributed by atoms with Crippen molar-refractivity contribution in [2.75, 3.05) is 5.32 Å². The lowest BCUT2D eigenvalue weighted by Crippen LogP contribution is -2.12. The zero-order chi connectivity index (χ0) is 10.4. The van der Waals surface area contributed by atoms with Gasteiger partial charge in [0.1, 0.15) is 0 Å². The Kier molecular flexibility index (Phi) is 3.14. The quantitative estimate of drug-likeness (QED) is 0.420. The normalized spacial score (nSPS) is 8.21. The van der Waals surface area contributed by atoms with Gasteiger partial charge in [-0.05, 0) is 24.3 Å². The van der Waals surface area contributed by atoms with Crippen LogP contribution in [-0.4, -0.2) is 16.9 Å². The van der Waals surface area contributed by atoms with E-state index in [0.717, 1.165) is 6.21 Å². The van der Waals surface area contributed by atoms with Crippen LogP contribution in [0.3, 0.4) is 0 Å². The molecule has 0 saturated carbocycles. The highest BCUT2D eigenvalue weighted by Gasteiger charge is 2.01. The number of nitrogens with zero attached hydrogens (tertiary/aromatic N) is 3. The minimum absolute atomic E-state index is 0.513. The number of anilines is 1. The van der Waals surface area contributed by atoms with Gasteiger partial charge >= 0.3 is 12.1 Å². The van der Waals surface area contributed by atoms with Crippen LogP contribution in [0.1, 0.15) is 5.56 Å². The van der Waals surface area contributed by atoms with Gasteiger partial charge in [0, 0.05) is 5.69 Å². The summed E-state index contributed by atoms with van der Waals surface area (Å²) in [4.78, 5) is 13.5. The van der Waals surface area contributed by atoms with Crippen LogP contribution in [0.2, 0.25) is 0 Å². The molecule has 1 amide bonds. The standard InChI is InChI=1S/C9H6N4O/c10-5-7-1-3-8(4-2-7)13-9(14)6-12-11/h1-4,6H,(H,13,14). The molecule has 0 spiro atoms. The van der Waals surface area contributed by atoms with Crippen molar-refractivity contribution in [1.82, 2.24) is 0 Å². The predicted octanol–water partition coefficient (Wildman–Crippen LogP) is 0.797. The van der Waals surface area contributed by atoms with E-state index in [-0.39, 0.29) is 0 Å². The molecule has 0 fully saturated rings. The SMILES string of the molecule is N#Cc1ccc(NC(=O)C=[N+]=[N-])cc1. The van der Waals surface area contributed by atoms with E-state index in [2.05, 4.69) is 10.1 Å². The molecule has 1 aromatic carbocycles. The van der Waals surface area contributed by atoms with Gasteiger partial charge in [0.05, 0.1) is 11.6 Å². The maximum absolute atomic E-state index is 10.9. The molecule has 0 atom stereocenters. The van der Waals surface area contributed by atoms with Gasteiger partial charge in [0.25, 0.3) is 0 Å². The first-order chi connectivity index (χ1) is 6.76. The van der Waals surface area contributed by atoms with Crippen LogP contribution in [0.4, 0.5) is 5.69 Å². The highest BCUT2D eigenvalue weighted by atomic mass is 16.1. The smallest absolute Gasteiger partial charge is 0.344 e. The highest BCUT2D eigenvalue weighted by Crippen LogP contribution is 2.07. The van der Waals surface area contributed by atoms with E-state index >= 15 is 0 Å². The summed E-state index contributed by atoms with van der Waals surface area (Å²) < 4.78 is 0. The summed E-state index contributed by atoms with van der Waals surface area (Å²) in [5.41, 5.74) is 9.11. The van der Waals surface area contributed by atoms with Gasteiger partial charge in [0.2, 0.25) is 0 Å². The van der Waals surface area contributed by atoms with Crippen molar-refractivity contribution in [2.45, 2.75) is 0 Å². The van der Waals surface area contributed by atoms with Gasteiger partial charge in [-0.15, -0.1) is 0 Å². The van der Waals surface area contributed by atoms with Crippen LogP contribution < -0.4 is 5.32 Å². The molecular formula is C9H6N4O. The third-order valence-corrected chi connectivity index (χ3v) is 1.46. The fourth-order valence-corrected chi connectivity index (χ4v) is 0.855. The molecule has 1 N–H and O–H groups in total. The van der Waals surface area contributed by atoms with Gasteiger partial charge in [-0.3, -0.25) is 4.79 Å². The average molecular weight is 186 g/mol. The van der Waals surface area contributed by atoms with Crippen molar-refractivity contribution in [3.05, 3.63) is 35.4 Å². The Morgan fingerprint density at radius 2 is 2.14 bits per heavy atom. The number of benzene rings is 1. The fourth-order valence-electron chi connectivity index (χ4n) is 0.855. The second-order valence-corrected chi connectivity index (χ2v) is 2.42. The van der Waals surface area contributed by atoms with E-state index in [0.29, 0.717) is 11.3 Å². The van der Waals surface area contributed by atoms with Crippen molar-refractivity contribution in [2.24, 2.45) is 0 Å². The number of amides is 1. The Balaban J connectivity index is 2.74. The van der Waals surface area contributed by atoms with E-state index in [1.807, 2.05) is 6.07 Å². The summed E-state index contributed by atoms with van der Waals surface area (Å²) in [6.45, 7) is 0. The maximum Gasteiger partial charge on any atom is 0.344 e. The van der Waals surface area contributed by atoms with E-state index < -0.39 is 5.91 Å². The van der Waals surface area contributed by atoms with E-state index in [4.69, 9.17) is 10.8 Å². The molecule has 0 unspecified atom stereocenters. The summed E-state index contributed by atoms with van der Waals surface area (Å²) in [6.07, 6.45) is 0.748. The second-order valence-electron chi connectivity index (χ2n) is 2.42. The summed E-state index contributed by atoms with van der Waals surface area (Å²) in [5.74, 6) is -0.530. The minimum Gasteiger partial charge on any atom is -0.361 e. The third-order valence-electron chi connectivity index (χ3n) is 1.46. The monoisotopic (exact) mass is 186 g/mol. The van der Waals surface area contributed by atoms with Crippen molar-refractivity contribution in [3.8, 4) is 6.07 Å². The first-order valence-electron chi connectivity index (χ1n) is 3.75. The molecule has 0 aliphatic rings. The van der Waals surface area contributed by atoms with Gasteiger partial charge in [0.15, 0.2) is 0 Å². The van der Waals surface area contributed by atoms with Gasteiger partial charge < -0.3 is 10.8 Å². The third kappa shape index (κ3) is 2.55. The Morgan fingerprint density at radius 1 is 1.50 bits per heavy atom. The topological polar surface area (TPSA) is 89.3 Å². The summed E-state index contributed by atoms with van der Waals surface area (Å²) in [7, 11) is 0. The van der Waals surface area contributed by atoms with E-state index in [9.17, 15) is 4.79 Å². The molecule has 14 heavy (non-hydrogen) atoms. The van der Waals surface area contributed by atoms with Crippen LogP contribution in [0, 0.1) is 11.3 Å². The molecule has 5 nitrogen and oxygen atoms in total. The molecule has 0 aliphatic carbocycles. The molecule has 1 rings (SSSR count). The second kappa shape index (κ2) is 4.55. The Labute approximate surface area is 80.2 Å². The predicted molar refractivity (Wildman–Crippen MR) is 49.5 cm³/mol. The van der Waals surface area contributed by atoms with Crippen molar-refractivity contribution >= 4 is 17.8 Å². The maximum atomic E-state index is 10.9. The first kappa shape index (κ1) is 9.65. The number of carbonyl (C=O) groups is 1. The number of hydrogen-bond donors (Lipinski definition) is 1. The number of hydrogen-bond acceptors (Lipinski definition) is 2. The average Bonchev–Trinajstić information content (AvgIpc) is 2.19. The summed E-state index contributed by atoms with van der Waals surface area (Å²) in [5, 5.41) is 10.9. The molecule has 0 heterocycles. The molecular weight excluding hydrogens is 180 g/mol. The zero-order valence-corrected chi connectivity index (χ0v) is 7.14. The molecule has 0 bridgehead atoms. The largest absolute Gasteiger partial charge is 0.361 e. The van der Waals surface area contributed by atoms with Gasteiger partial charge in [-0.2, -0.15) is 10.1 Å². The molecule has 1 aromatic rings. The van der Waals surface area contributed by atoms with Gasteiger partial charge in [-0.1, -0.05) is 0 Å².